The number of aliphatic hydroxyl groups excluding tert-OH is 2. The molecule has 8 unspecified atom stereocenters. The van der Waals surface area contributed by atoms with E-state index >= 15 is 0 Å². The summed E-state index contributed by atoms with van der Waals surface area (Å²) in [5, 5.41) is 19.6. The molecule has 8 atom stereocenters. The first-order valence-electron chi connectivity index (χ1n) is 20.8. The molecular formula is C42H86O5. The highest BCUT2D eigenvalue weighted by molar-refractivity contribution is 4.65. The van der Waals surface area contributed by atoms with Crippen LogP contribution in [0.4, 0.5) is 0 Å². The number of rotatable bonds is 36. The molecule has 0 aromatic heterocycles. The molecule has 0 aliphatic carbocycles. The molecule has 0 radical (unpaired) electrons. The van der Waals surface area contributed by atoms with Crippen LogP contribution in [0.1, 0.15) is 209 Å². The SMILES string of the molecule is CCCCCCCCCOC(CCCC(C)CC(C)CC(C)O)OC(CCCC(C)CC(C)CC(C)O)OCCCCCCCCC. The number of hydrogen-bond acceptors (Lipinski definition) is 5. The first kappa shape index (κ1) is 46.8. The Bertz CT molecular complexity index is 574. The van der Waals surface area contributed by atoms with Crippen LogP contribution in [0.3, 0.4) is 0 Å². The van der Waals surface area contributed by atoms with Gasteiger partial charge in [0.05, 0.1) is 12.2 Å². The van der Waals surface area contributed by atoms with Gasteiger partial charge in [-0.25, -0.2) is 0 Å². The van der Waals surface area contributed by atoms with E-state index in [2.05, 4.69) is 41.5 Å². The van der Waals surface area contributed by atoms with Gasteiger partial charge in [0.1, 0.15) is 0 Å². The summed E-state index contributed by atoms with van der Waals surface area (Å²) in [5.74, 6) is 2.36. The highest BCUT2D eigenvalue weighted by Crippen LogP contribution is 2.25. The fourth-order valence-corrected chi connectivity index (χ4v) is 7.33. The van der Waals surface area contributed by atoms with Gasteiger partial charge in [0, 0.05) is 13.2 Å². The van der Waals surface area contributed by atoms with Crippen molar-refractivity contribution in [3.05, 3.63) is 0 Å². The van der Waals surface area contributed by atoms with Gasteiger partial charge < -0.3 is 24.4 Å². The molecule has 0 spiro atoms. The van der Waals surface area contributed by atoms with Crippen LogP contribution in [0.2, 0.25) is 0 Å². The Kier molecular flexibility index (Phi) is 32.8. The van der Waals surface area contributed by atoms with E-state index in [1.807, 2.05) is 13.8 Å². The Hall–Kier alpha value is -0.200. The minimum absolute atomic E-state index is 0.209. The maximum absolute atomic E-state index is 9.79. The van der Waals surface area contributed by atoms with E-state index in [0.29, 0.717) is 23.7 Å². The predicted octanol–water partition coefficient (Wildman–Crippen LogP) is 12.4. The molecule has 5 nitrogen and oxygen atoms in total. The van der Waals surface area contributed by atoms with Crippen molar-refractivity contribution in [1.29, 1.82) is 0 Å². The highest BCUT2D eigenvalue weighted by Gasteiger charge is 2.20. The predicted molar refractivity (Wildman–Crippen MR) is 203 cm³/mol. The summed E-state index contributed by atoms with van der Waals surface area (Å²) in [5.41, 5.74) is 0. The van der Waals surface area contributed by atoms with Crippen molar-refractivity contribution in [3.63, 3.8) is 0 Å². The third-order valence-electron chi connectivity index (χ3n) is 9.78. The van der Waals surface area contributed by atoms with E-state index in [1.54, 1.807) is 0 Å². The van der Waals surface area contributed by atoms with Gasteiger partial charge in [-0.05, 0) is 102 Å². The minimum Gasteiger partial charge on any atom is -0.393 e. The lowest BCUT2D eigenvalue weighted by molar-refractivity contribution is -0.250. The Morgan fingerprint density at radius 1 is 0.383 bits per heavy atom. The molecule has 0 aliphatic rings. The molecule has 47 heavy (non-hydrogen) atoms. The summed E-state index contributed by atoms with van der Waals surface area (Å²) in [4.78, 5) is 0. The van der Waals surface area contributed by atoms with Crippen molar-refractivity contribution in [2.75, 3.05) is 13.2 Å². The summed E-state index contributed by atoms with van der Waals surface area (Å²) in [7, 11) is 0. The standard InChI is InChI=1S/C42H86O5/c1-9-11-13-15-17-19-21-29-45-41(27-23-25-35(3)31-37(5)33-39(7)43)47-42(46-30-22-20-18-16-14-12-10-2)28-24-26-36(4)32-38(6)34-40(8)44/h35-44H,9-34H2,1-8H3. The Morgan fingerprint density at radius 3 is 1.06 bits per heavy atom. The first-order chi connectivity index (χ1) is 22.6. The zero-order valence-corrected chi connectivity index (χ0v) is 33.1. The molecule has 0 aromatic rings. The Labute approximate surface area is 295 Å². The van der Waals surface area contributed by atoms with E-state index in [-0.39, 0.29) is 24.8 Å². The zero-order valence-electron chi connectivity index (χ0n) is 33.1. The van der Waals surface area contributed by atoms with Gasteiger partial charge in [0.2, 0.25) is 0 Å². The average molecular weight is 671 g/mol. The van der Waals surface area contributed by atoms with Crippen LogP contribution in [0.15, 0.2) is 0 Å². The van der Waals surface area contributed by atoms with Crippen molar-refractivity contribution in [2.45, 2.75) is 234 Å². The van der Waals surface area contributed by atoms with Crippen LogP contribution in [0.5, 0.6) is 0 Å². The Morgan fingerprint density at radius 2 is 0.723 bits per heavy atom. The zero-order chi connectivity index (χ0) is 35.1. The van der Waals surface area contributed by atoms with Gasteiger partial charge in [0.25, 0.3) is 0 Å². The molecule has 5 heteroatoms. The number of unbranched alkanes of at least 4 members (excludes halogenated alkanes) is 12. The van der Waals surface area contributed by atoms with Crippen LogP contribution >= 0.6 is 0 Å². The van der Waals surface area contributed by atoms with E-state index in [1.165, 1.54) is 77.0 Å². The largest absolute Gasteiger partial charge is 0.393 e. The molecule has 0 fully saturated rings. The quantitative estimate of drug-likeness (QED) is 0.0513. The summed E-state index contributed by atoms with van der Waals surface area (Å²) >= 11 is 0. The number of hydrogen-bond donors (Lipinski definition) is 2. The molecule has 0 aliphatic heterocycles. The lowest BCUT2D eigenvalue weighted by Gasteiger charge is -2.27. The topological polar surface area (TPSA) is 68.2 Å². The molecule has 0 amide bonds. The third kappa shape index (κ3) is 32.7. The summed E-state index contributed by atoms with van der Waals surface area (Å²) in [6.07, 6.45) is 27.5. The maximum Gasteiger partial charge on any atom is 0.160 e. The lowest BCUT2D eigenvalue weighted by atomic mass is 9.90. The van der Waals surface area contributed by atoms with Crippen LogP contribution in [-0.4, -0.2) is 48.2 Å². The molecule has 0 saturated heterocycles. The first-order valence-corrected chi connectivity index (χ1v) is 20.8. The second-order valence-electron chi connectivity index (χ2n) is 15.9. The van der Waals surface area contributed by atoms with Crippen LogP contribution < -0.4 is 0 Å². The number of ether oxygens (including phenoxy) is 3. The summed E-state index contributed by atoms with van der Waals surface area (Å²) in [6.45, 7) is 19.1. The van der Waals surface area contributed by atoms with Crippen LogP contribution in [0, 0.1) is 23.7 Å². The van der Waals surface area contributed by atoms with Gasteiger partial charge >= 0.3 is 0 Å². The normalized spacial score (nSPS) is 17.2. The fourth-order valence-electron chi connectivity index (χ4n) is 7.33. The second-order valence-corrected chi connectivity index (χ2v) is 15.9. The fraction of sp³-hybridized carbons (Fsp3) is 1.00. The van der Waals surface area contributed by atoms with Crippen LogP contribution in [0.25, 0.3) is 0 Å². The van der Waals surface area contributed by atoms with Crippen molar-refractivity contribution in [1.82, 2.24) is 0 Å². The monoisotopic (exact) mass is 671 g/mol. The highest BCUT2D eigenvalue weighted by atomic mass is 16.8. The molecule has 0 saturated carbocycles. The van der Waals surface area contributed by atoms with Gasteiger partial charge in [-0.2, -0.15) is 0 Å². The van der Waals surface area contributed by atoms with E-state index in [4.69, 9.17) is 14.2 Å². The molecular weight excluding hydrogens is 584 g/mol. The van der Waals surface area contributed by atoms with E-state index in [9.17, 15) is 10.2 Å². The van der Waals surface area contributed by atoms with Gasteiger partial charge in [-0.1, -0.05) is 131 Å². The molecule has 0 heterocycles. The maximum atomic E-state index is 9.79. The molecule has 0 bridgehead atoms. The van der Waals surface area contributed by atoms with Crippen LogP contribution in [-0.2, 0) is 14.2 Å². The lowest BCUT2D eigenvalue weighted by Crippen LogP contribution is -2.28. The number of aliphatic hydroxyl groups is 2. The second kappa shape index (κ2) is 33.0. The van der Waals surface area contributed by atoms with Crippen molar-refractivity contribution >= 4 is 0 Å². The molecule has 2 N–H and O–H groups in total. The molecule has 0 rings (SSSR count). The van der Waals surface area contributed by atoms with E-state index in [0.717, 1.165) is 90.3 Å². The van der Waals surface area contributed by atoms with Crippen molar-refractivity contribution < 1.29 is 24.4 Å². The molecule has 0 aromatic carbocycles. The Balaban J connectivity index is 5.10. The van der Waals surface area contributed by atoms with Gasteiger partial charge in [0.15, 0.2) is 12.6 Å². The van der Waals surface area contributed by atoms with Gasteiger partial charge in [-0.3, -0.25) is 0 Å². The van der Waals surface area contributed by atoms with Crippen molar-refractivity contribution in [3.8, 4) is 0 Å². The van der Waals surface area contributed by atoms with E-state index < -0.39 is 0 Å². The smallest absolute Gasteiger partial charge is 0.160 e. The third-order valence-corrected chi connectivity index (χ3v) is 9.78. The van der Waals surface area contributed by atoms with Gasteiger partial charge in [-0.15, -0.1) is 0 Å². The summed E-state index contributed by atoms with van der Waals surface area (Å²) < 4.78 is 19.6. The van der Waals surface area contributed by atoms with Crippen molar-refractivity contribution in [2.24, 2.45) is 23.7 Å². The summed E-state index contributed by atoms with van der Waals surface area (Å²) in [6, 6.07) is 0. The molecule has 284 valence electrons. The average Bonchev–Trinajstić information content (AvgIpc) is 2.98. The minimum atomic E-state index is -0.219.